The summed E-state index contributed by atoms with van der Waals surface area (Å²) in [5.41, 5.74) is 5.96. The normalized spacial score (nSPS) is 12.4. The average Bonchev–Trinajstić information content (AvgIpc) is 2.80. The van der Waals surface area contributed by atoms with E-state index < -0.39 is 6.04 Å². The monoisotopic (exact) mass is 240 g/mol. The van der Waals surface area contributed by atoms with Gasteiger partial charge in [0.2, 0.25) is 5.91 Å². The predicted octanol–water partition coefficient (Wildman–Crippen LogP) is 2.40. The highest BCUT2D eigenvalue weighted by molar-refractivity contribution is 7.10. The number of amides is 1. The molecule has 0 spiro atoms. The van der Waals surface area contributed by atoms with Gasteiger partial charge in [-0.25, -0.2) is 0 Å². The van der Waals surface area contributed by atoms with Crippen LogP contribution in [0.15, 0.2) is 17.5 Å². The maximum absolute atomic E-state index is 12.1. The summed E-state index contributed by atoms with van der Waals surface area (Å²) in [6, 6.07) is 3.36. The van der Waals surface area contributed by atoms with Crippen LogP contribution in [0.5, 0.6) is 0 Å². The van der Waals surface area contributed by atoms with Gasteiger partial charge in [0.05, 0.1) is 0 Å². The molecule has 0 saturated heterocycles. The topological polar surface area (TPSA) is 46.3 Å². The van der Waals surface area contributed by atoms with Crippen LogP contribution in [-0.4, -0.2) is 23.9 Å². The zero-order valence-corrected chi connectivity index (χ0v) is 10.8. The van der Waals surface area contributed by atoms with Gasteiger partial charge < -0.3 is 10.6 Å². The van der Waals surface area contributed by atoms with Gasteiger partial charge in [0.1, 0.15) is 6.04 Å². The van der Waals surface area contributed by atoms with Crippen molar-refractivity contribution in [2.45, 2.75) is 32.7 Å². The lowest BCUT2D eigenvalue weighted by Crippen LogP contribution is -2.39. The maximum Gasteiger partial charge on any atom is 0.244 e. The molecule has 0 aliphatic rings. The standard InChI is InChI=1S/C12H20N2OS/c1-3-7-14(8-4-2)12(15)11(13)10-6-5-9-16-10/h5-6,9,11H,3-4,7-8,13H2,1-2H3. The van der Waals surface area contributed by atoms with Crippen molar-refractivity contribution in [3.05, 3.63) is 22.4 Å². The molecular formula is C12H20N2OS. The smallest absolute Gasteiger partial charge is 0.244 e. The first-order chi connectivity index (χ1) is 7.70. The number of carbonyl (C=O) groups is 1. The molecule has 1 rings (SSSR count). The number of hydrogen-bond acceptors (Lipinski definition) is 3. The lowest BCUT2D eigenvalue weighted by atomic mass is 10.2. The largest absolute Gasteiger partial charge is 0.341 e. The summed E-state index contributed by atoms with van der Waals surface area (Å²) < 4.78 is 0. The summed E-state index contributed by atoms with van der Waals surface area (Å²) in [5, 5.41) is 1.95. The van der Waals surface area contributed by atoms with Crippen molar-refractivity contribution in [3.8, 4) is 0 Å². The van der Waals surface area contributed by atoms with Crippen molar-refractivity contribution < 1.29 is 4.79 Å². The first-order valence-corrected chi connectivity index (χ1v) is 6.66. The maximum atomic E-state index is 12.1. The lowest BCUT2D eigenvalue weighted by molar-refractivity contribution is -0.132. The van der Waals surface area contributed by atoms with Crippen LogP contribution in [0.3, 0.4) is 0 Å². The summed E-state index contributed by atoms with van der Waals surface area (Å²) in [6.07, 6.45) is 1.95. The predicted molar refractivity (Wildman–Crippen MR) is 68.4 cm³/mol. The van der Waals surface area contributed by atoms with Crippen LogP contribution in [0.25, 0.3) is 0 Å². The van der Waals surface area contributed by atoms with Crippen LogP contribution >= 0.6 is 11.3 Å². The summed E-state index contributed by atoms with van der Waals surface area (Å²) in [7, 11) is 0. The SMILES string of the molecule is CCCN(CCC)C(=O)C(N)c1cccs1. The third-order valence-electron chi connectivity index (χ3n) is 2.41. The zero-order valence-electron chi connectivity index (χ0n) is 9.98. The van der Waals surface area contributed by atoms with E-state index in [1.165, 1.54) is 0 Å². The van der Waals surface area contributed by atoms with Crippen LogP contribution in [0.4, 0.5) is 0 Å². The molecule has 1 amide bonds. The van der Waals surface area contributed by atoms with Crippen molar-refractivity contribution >= 4 is 17.2 Å². The van der Waals surface area contributed by atoms with Crippen LogP contribution in [0.1, 0.15) is 37.6 Å². The van der Waals surface area contributed by atoms with Gasteiger partial charge in [0.25, 0.3) is 0 Å². The molecule has 0 radical (unpaired) electrons. The molecule has 1 aromatic rings. The van der Waals surface area contributed by atoms with E-state index in [2.05, 4.69) is 13.8 Å². The Balaban J connectivity index is 2.66. The van der Waals surface area contributed by atoms with E-state index in [0.717, 1.165) is 30.8 Å². The molecule has 1 atom stereocenters. The van der Waals surface area contributed by atoms with Crippen molar-refractivity contribution in [1.82, 2.24) is 4.90 Å². The van der Waals surface area contributed by atoms with E-state index in [4.69, 9.17) is 5.73 Å². The molecule has 0 aliphatic heterocycles. The van der Waals surface area contributed by atoms with Gasteiger partial charge in [-0.1, -0.05) is 19.9 Å². The summed E-state index contributed by atoms with van der Waals surface area (Å²) in [6.45, 7) is 5.75. The van der Waals surface area contributed by atoms with Gasteiger partial charge >= 0.3 is 0 Å². The highest BCUT2D eigenvalue weighted by atomic mass is 32.1. The molecule has 0 aromatic carbocycles. The Morgan fingerprint density at radius 3 is 2.50 bits per heavy atom. The Hall–Kier alpha value is -0.870. The number of carbonyl (C=O) groups excluding carboxylic acids is 1. The molecule has 4 heteroatoms. The molecule has 0 saturated carbocycles. The van der Waals surface area contributed by atoms with Crippen LogP contribution in [-0.2, 0) is 4.79 Å². The third-order valence-corrected chi connectivity index (χ3v) is 3.37. The van der Waals surface area contributed by atoms with E-state index in [1.807, 2.05) is 22.4 Å². The van der Waals surface area contributed by atoms with Gasteiger partial charge in [-0.15, -0.1) is 11.3 Å². The zero-order chi connectivity index (χ0) is 12.0. The molecule has 1 unspecified atom stereocenters. The number of nitrogens with zero attached hydrogens (tertiary/aromatic N) is 1. The highest BCUT2D eigenvalue weighted by Crippen LogP contribution is 2.19. The van der Waals surface area contributed by atoms with Gasteiger partial charge in [-0.05, 0) is 24.3 Å². The fourth-order valence-electron chi connectivity index (χ4n) is 1.66. The molecule has 0 bridgehead atoms. The minimum atomic E-state index is -0.488. The number of rotatable bonds is 6. The first kappa shape index (κ1) is 13.2. The van der Waals surface area contributed by atoms with Gasteiger partial charge in [-0.2, -0.15) is 0 Å². The van der Waals surface area contributed by atoms with E-state index >= 15 is 0 Å². The minimum absolute atomic E-state index is 0.0474. The summed E-state index contributed by atoms with van der Waals surface area (Å²) in [5.74, 6) is 0.0474. The number of thiophene rings is 1. The summed E-state index contributed by atoms with van der Waals surface area (Å²) >= 11 is 1.54. The van der Waals surface area contributed by atoms with E-state index in [-0.39, 0.29) is 5.91 Å². The molecule has 3 nitrogen and oxygen atoms in total. The van der Waals surface area contributed by atoms with E-state index in [0.29, 0.717) is 0 Å². The van der Waals surface area contributed by atoms with Crippen molar-refractivity contribution in [2.75, 3.05) is 13.1 Å². The van der Waals surface area contributed by atoms with Crippen molar-refractivity contribution in [3.63, 3.8) is 0 Å². The second-order valence-electron chi connectivity index (χ2n) is 3.82. The summed E-state index contributed by atoms with van der Waals surface area (Å²) in [4.78, 5) is 14.9. The first-order valence-electron chi connectivity index (χ1n) is 5.78. The minimum Gasteiger partial charge on any atom is -0.341 e. The fraction of sp³-hybridized carbons (Fsp3) is 0.583. The molecule has 0 fully saturated rings. The number of nitrogens with two attached hydrogens (primary N) is 1. The van der Waals surface area contributed by atoms with Crippen LogP contribution in [0, 0.1) is 0 Å². The van der Waals surface area contributed by atoms with Gasteiger partial charge in [-0.3, -0.25) is 4.79 Å². The molecule has 1 aromatic heterocycles. The third kappa shape index (κ3) is 3.32. The highest BCUT2D eigenvalue weighted by Gasteiger charge is 2.21. The quantitative estimate of drug-likeness (QED) is 0.830. The molecule has 0 aliphatic carbocycles. The number of hydrogen-bond donors (Lipinski definition) is 1. The fourth-order valence-corrected chi connectivity index (χ4v) is 2.38. The Kier molecular flexibility index (Phi) is 5.49. The van der Waals surface area contributed by atoms with Crippen molar-refractivity contribution in [1.29, 1.82) is 0 Å². The van der Waals surface area contributed by atoms with Gasteiger partial charge in [0.15, 0.2) is 0 Å². The lowest BCUT2D eigenvalue weighted by Gasteiger charge is -2.24. The second kappa shape index (κ2) is 6.66. The molecular weight excluding hydrogens is 220 g/mol. The van der Waals surface area contributed by atoms with Crippen molar-refractivity contribution in [2.24, 2.45) is 5.73 Å². The van der Waals surface area contributed by atoms with E-state index in [9.17, 15) is 4.79 Å². The molecule has 2 N–H and O–H groups in total. The molecule has 16 heavy (non-hydrogen) atoms. The van der Waals surface area contributed by atoms with E-state index in [1.54, 1.807) is 11.3 Å². The van der Waals surface area contributed by atoms with Crippen LogP contribution < -0.4 is 5.73 Å². The van der Waals surface area contributed by atoms with Gasteiger partial charge in [0, 0.05) is 18.0 Å². The second-order valence-corrected chi connectivity index (χ2v) is 4.80. The molecule has 1 heterocycles. The Bertz CT molecular complexity index is 305. The average molecular weight is 240 g/mol. The Morgan fingerprint density at radius 1 is 1.44 bits per heavy atom. The molecule has 90 valence electrons. The van der Waals surface area contributed by atoms with Crippen LogP contribution in [0.2, 0.25) is 0 Å². The Labute approximate surface area is 101 Å². The Morgan fingerprint density at radius 2 is 2.06 bits per heavy atom.